The number of amides is 1. The zero-order valence-electron chi connectivity index (χ0n) is 13.9. The number of thiophene rings is 1. The summed E-state index contributed by atoms with van der Waals surface area (Å²) < 4.78 is 0. The van der Waals surface area contributed by atoms with E-state index in [4.69, 9.17) is 0 Å². The van der Waals surface area contributed by atoms with E-state index in [0.29, 0.717) is 25.6 Å². The van der Waals surface area contributed by atoms with Crippen LogP contribution in [-0.4, -0.2) is 43.2 Å². The standard InChI is InChI=1S/C15H26N4O2S.HI/c1-4-8-17-13(20)10-18-14(16-5-2)19-11-15(3,21)12-7-6-9-22-12;/h6-7,9,21H,4-5,8,10-11H2,1-3H3,(H,17,20)(H2,16,18,19);1H. The summed E-state index contributed by atoms with van der Waals surface area (Å²) >= 11 is 1.51. The molecule has 0 aromatic carbocycles. The number of carbonyl (C=O) groups is 1. The van der Waals surface area contributed by atoms with Gasteiger partial charge in [0.2, 0.25) is 5.91 Å². The molecule has 0 aliphatic carbocycles. The van der Waals surface area contributed by atoms with Gasteiger partial charge in [-0.15, -0.1) is 35.3 Å². The molecule has 0 saturated carbocycles. The molecule has 1 amide bonds. The van der Waals surface area contributed by atoms with Gasteiger partial charge in [0.1, 0.15) is 12.1 Å². The first kappa shape index (κ1) is 22.1. The molecule has 1 rings (SSSR count). The van der Waals surface area contributed by atoms with E-state index in [0.717, 1.165) is 11.3 Å². The fraction of sp³-hybridized carbons (Fsp3) is 0.600. The van der Waals surface area contributed by atoms with Crippen molar-refractivity contribution in [2.75, 3.05) is 26.2 Å². The highest BCUT2D eigenvalue weighted by atomic mass is 127. The minimum absolute atomic E-state index is 0. The summed E-state index contributed by atoms with van der Waals surface area (Å²) in [6.07, 6.45) is 0.900. The van der Waals surface area contributed by atoms with E-state index in [1.165, 1.54) is 11.3 Å². The quantitative estimate of drug-likeness (QED) is 0.274. The first-order valence-electron chi connectivity index (χ1n) is 7.54. The monoisotopic (exact) mass is 454 g/mol. The van der Waals surface area contributed by atoms with E-state index in [1.807, 2.05) is 31.4 Å². The van der Waals surface area contributed by atoms with E-state index >= 15 is 0 Å². The molecule has 0 radical (unpaired) electrons. The number of nitrogens with zero attached hydrogens (tertiary/aromatic N) is 1. The van der Waals surface area contributed by atoms with E-state index in [9.17, 15) is 9.90 Å². The fourth-order valence-electron chi connectivity index (χ4n) is 1.74. The normalized spacial score (nSPS) is 13.7. The Morgan fingerprint density at radius 2 is 2.09 bits per heavy atom. The van der Waals surface area contributed by atoms with Crippen molar-refractivity contribution in [1.82, 2.24) is 16.0 Å². The Kier molecular flexibility index (Phi) is 11.2. The van der Waals surface area contributed by atoms with Crippen molar-refractivity contribution in [3.05, 3.63) is 22.4 Å². The molecule has 0 bridgehead atoms. The van der Waals surface area contributed by atoms with Crippen molar-refractivity contribution >= 4 is 47.2 Å². The molecule has 132 valence electrons. The van der Waals surface area contributed by atoms with Crippen molar-refractivity contribution in [3.8, 4) is 0 Å². The molecule has 1 unspecified atom stereocenters. The van der Waals surface area contributed by atoms with E-state index < -0.39 is 5.60 Å². The highest BCUT2D eigenvalue weighted by Crippen LogP contribution is 2.24. The molecule has 0 fully saturated rings. The summed E-state index contributed by atoms with van der Waals surface area (Å²) in [5.41, 5.74) is -0.977. The summed E-state index contributed by atoms with van der Waals surface area (Å²) in [6.45, 7) is 7.43. The van der Waals surface area contributed by atoms with Crippen LogP contribution in [0.15, 0.2) is 22.5 Å². The molecular formula is C15H27IN4O2S. The minimum atomic E-state index is -0.977. The van der Waals surface area contributed by atoms with Crippen LogP contribution in [0.5, 0.6) is 0 Å². The van der Waals surface area contributed by atoms with Crippen molar-refractivity contribution in [3.63, 3.8) is 0 Å². The number of carbonyl (C=O) groups excluding carboxylic acids is 1. The van der Waals surface area contributed by atoms with Crippen LogP contribution in [0.1, 0.15) is 32.1 Å². The lowest BCUT2D eigenvalue weighted by atomic mass is 10.1. The number of halogens is 1. The summed E-state index contributed by atoms with van der Waals surface area (Å²) in [5, 5.41) is 21.3. The number of guanidine groups is 1. The molecule has 0 aliphatic rings. The first-order valence-corrected chi connectivity index (χ1v) is 8.42. The van der Waals surface area contributed by atoms with Gasteiger partial charge in [0, 0.05) is 18.0 Å². The average molecular weight is 454 g/mol. The summed E-state index contributed by atoms with van der Waals surface area (Å²) in [7, 11) is 0. The van der Waals surface area contributed by atoms with Crippen LogP contribution >= 0.6 is 35.3 Å². The largest absolute Gasteiger partial charge is 0.383 e. The molecule has 0 spiro atoms. The smallest absolute Gasteiger partial charge is 0.241 e. The molecular weight excluding hydrogens is 427 g/mol. The van der Waals surface area contributed by atoms with E-state index in [1.54, 1.807) is 6.92 Å². The third-order valence-electron chi connectivity index (χ3n) is 2.95. The topological polar surface area (TPSA) is 85.8 Å². The Morgan fingerprint density at radius 1 is 1.35 bits per heavy atom. The second-order valence-corrected chi connectivity index (χ2v) is 6.10. The number of rotatable bonds is 8. The average Bonchev–Trinajstić information content (AvgIpc) is 3.03. The fourth-order valence-corrected chi connectivity index (χ4v) is 2.53. The van der Waals surface area contributed by atoms with Gasteiger partial charge >= 0.3 is 0 Å². The van der Waals surface area contributed by atoms with Crippen LogP contribution in [0.25, 0.3) is 0 Å². The maximum absolute atomic E-state index is 11.6. The number of aliphatic hydroxyl groups is 1. The van der Waals surface area contributed by atoms with Crippen LogP contribution in [0.4, 0.5) is 0 Å². The molecule has 1 aromatic heterocycles. The highest BCUT2D eigenvalue weighted by Gasteiger charge is 2.24. The lowest BCUT2D eigenvalue weighted by molar-refractivity contribution is -0.119. The highest BCUT2D eigenvalue weighted by molar-refractivity contribution is 14.0. The third-order valence-corrected chi connectivity index (χ3v) is 4.07. The van der Waals surface area contributed by atoms with Gasteiger partial charge < -0.3 is 21.1 Å². The second-order valence-electron chi connectivity index (χ2n) is 5.15. The lowest BCUT2D eigenvalue weighted by Crippen LogP contribution is -2.44. The predicted molar refractivity (Wildman–Crippen MR) is 107 cm³/mol. The van der Waals surface area contributed by atoms with E-state index in [2.05, 4.69) is 20.9 Å². The van der Waals surface area contributed by atoms with Gasteiger partial charge in [-0.2, -0.15) is 0 Å². The Balaban J connectivity index is 0.00000484. The summed E-state index contributed by atoms with van der Waals surface area (Å²) in [5.74, 6) is 0.412. The van der Waals surface area contributed by atoms with Gasteiger partial charge in [0.05, 0.1) is 6.54 Å². The van der Waals surface area contributed by atoms with Crippen LogP contribution in [0.2, 0.25) is 0 Å². The molecule has 1 aromatic rings. The molecule has 23 heavy (non-hydrogen) atoms. The molecule has 1 heterocycles. The van der Waals surface area contributed by atoms with Crippen molar-refractivity contribution in [2.24, 2.45) is 4.99 Å². The van der Waals surface area contributed by atoms with Gasteiger partial charge in [-0.1, -0.05) is 13.0 Å². The van der Waals surface area contributed by atoms with Gasteiger partial charge in [0.15, 0.2) is 5.96 Å². The zero-order chi connectivity index (χ0) is 16.4. The SMILES string of the molecule is CCCNC(=O)CN=C(NCC)NCC(C)(O)c1cccs1.I. The van der Waals surface area contributed by atoms with Crippen molar-refractivity contribution in [2.45, 2.75) is 32.8 Å². The number of hydrogen-bond acceptors (Lipinski definition) is 4. The first-order chi connectivity index (χ1) is 10.5. The second kappa shape index (κ2) is 11.6. The number of aliphatic imine (C=N–C) groups is 1. The third kappa shape index (κ3) is 8.52. The van der Waals surface area contributed by atoms with Crippen molar-refractivity contribution < 1.29 is 9.90 Å². The predicted octanol–water partition coefficient (Wildman–Crippen LogP) is 1.65. The van der Waals surface area contributed by atoms with Gasteiger partial charge in [-0.25, -0.2) is 4.99 Å². The summed E-state index contributed by atoms with van der Waals surface area (Å²) in [6, 6.07) is 3.81. The molecule has 0 saturated heterocycles. The van der Waals surface area contributed by atoms with Crippen LogP contribution in [0.3, 0.4) is 0 Å². The Hall–Kier alpha value is -0.870. The van der Waals surface area contributed by atoms with Gasteiger partial charge in [-0.05, 0) is 31.7 Å². The van der Waals surface area contributed by atoms with Gasteiger partial charge in [-0.3, -0.25) is 4.79 Å². The molecule has 1 atom stereocenters. The van der Waals surface area contributed by atoms with Gasteiger partial charge in [0.25, 0.3) is 0 Å². The Morgan fingerprint density at radius 3 is 2.65 bits per heavy atom. The Bertz CT molecular complexity index is 478. The molecule has 6 nitrogen and oxygen atoms in total. The number of hydrogen-bond donors (Lipinski definition) is 4. The lowest BCUT2D eigenvalue weighted by Gasteiger charge is -2.23. The maximum atomic E-state index is 11.6. The number of nitrogens with one attached hydrogen (secondary N) is 3. The summed E-state index contributed by atoms with van der Waals surface area (Å²) in [4.78, 5) is 16.7. The molecule has 4 N–H and O–H groups in total. The van der Waals surface area contributed by atoms with Crippen LogP contribution in [-0.2, 0) is 10.4 Å². The van der Waals surface area contributed by atoms with E-state index in [-0.39, 0.29) is 36.4 Å². The van der Waals surface area contributed by atoms with Crippen LogP contribution < -0.4 is 16.0 Å². The van der Waals surface area contributed by atoms with Crippen LogP contribution in [0, 0.1) is 0 Å². The zero-order valence-corrected chi connectivity index (χ0v) is 17.0. The van der Waals surface area contributed by atoms with Crippen molar-refractivity contribution in [1.29, 1.82) is 0 Å². The molecule has 0 aliphatic heterocycles. The Labute approximate surface area is 159 Å². The maximum Gasteiger partial charge on any atom is 0.241 e. The minimum Gasteiger partial charge on any atom is -0.383 e. The molecule has 8 heteroatoms.